The van der Waals surface area contributed by atoms with Crippen LogP contribution in [0.25, 0.3) is 0 Å². The van der Waals surface area contributed by atoms with E-state index in [0.29, 0.717) is 0 Å². The lowest BCUT2D eigenvalue weighted by Crippen LogP contribution is -2.69. The number of halogens is 11. The molecule has 0 aliphatic heterocycles. The van der Waals surface area contributed by atoms with E-state index in [0.717, 1.165) is 0 Å². The molecule has 0 spiro atoms. The molecule has 0 saturated carbocycles. The summed E-state index contributed by atoms with van der Waals surface area (Å²) in [6, 6.07) is 0. The van der Waals surface area contributed by atoms with Gasteiger partial charge in [-0.3, -0.25) is 4.55 Å². The average Bonchev–Trinajstić information content (AvgIpc) is 2.25. The molecule has 0 aromatic carbocycles. The topological polar surface area (TPSA) is 89.4 Å². The van der Waals surface area contributed by atoms with E-state index in [-0.39, 0.29) is 6.15 Å². The second-order valence-electron chi connectivity index (χ2n) is 3.95. The zero-order chi connectivity index (χ0) is 18.6. The van der Waals surface area contributed by atoms with Crippen LogP contribution in [0, 0.1) is 0 Å². The summed E-state index contributed by atoms with van der Waals surface area (Å²) in [6.45, 7) is -0.455. The molecule has 0 aromatic rings. The van der Waals surface area contributed by atoms with Crippen LogP contribution in [0.1, 0.15) is 6.92 Å². The van der Waals surface area contributed by atoms with Gasteiger partial charge in [-0.05, 0) is 6.92 Å². The highest BCUT2D eigenvalue weighted by Gasteiger charge is 2.89. The van der Waals surface area contributed by atoms with E-state index >= 15 is 0 Å². The Labute approximate surface area is 121 Å². The third kappa shape index (κ3) is 3.07. The number of rotatable bonds is 6. The first-order valence-corrected chi connectivity index (χ1v) is 6.13. The average molecular weight is 395 g/mol. The van der Waals surface area contributed by atoms with Gasteiger partial charge in [0.1, 0.15) is 0 Å². The first-order valence-electron chi connectivity index (χ1n) is 4.69. The molecular formula is C7H8F11NO3S. The lowest BCUT2D eigenvalue weighted by molar-refractivity contribution is -0.396. The van der Waals surface area contributed by atoms with E-state index < -0.39 is 52.2 Å². The molecule has 0 aliphatic rings. The quantitative estimate of drug-likeness (QED) is 0.532. The van der Waals surface area contributed by atoms with Crippen LogP contribution >= 0.6 is 0 Å². The van der Waals surface area contributed by atoms with Crippen LogP contribution in [0.2, 0.25) is 0 Å². The molecule has 0 radical (unpaired) electrons. The van der Waals surface area contributed by atoms with Gasteiger partial charge in [-0.15, -0.1) is 0 Å². The largest absolute Gasteiger partial charge is 0.438 e. The normalized spacial score (nSPS) is 16.7. The summed E-state index contributed by atoms with van der Waals surface area (Å²) in [5, 5.41) is -7.26. The lowest BCUT2D eigenvalue weighted by Gasteiger charge is -2.38. The van der Waals surface area contributed by atoms with Gasteiger partial charge in [0.25, 0.3) is 0 Å². The lowest BCUT2D eigenvalue weighted by atomic mass is 9.96. The molecule has 23 heavy (non-hydrogen) atoms. The van der Waals surface area contributed by atoms with Gasteiger partial charge < -0.3 is 6.15 Å². The Morgan fingerprint density at radius 2 is 1.09 bits per heavy atom. The Bertz CT molecular complexity index is 530. The molecule has 16 heteroatoms. The van der Waals surface area contributed by atoms with E-state index in [9.17, 15) is 56.7 Å². The first-order chi connectivity index (χ1) is 9.19. The summed E-state index contributed by atoms with van der Waals surface area (Å²) in [4.78, 5) is 0. The Morgan fingerprint density at radius 3 is 1.30 bits per heavy atom. The maximum Gasteiger partial charge on any atom is 0.438 e. The van der Waals surface area contributed by atoms with Gasteiger partial charge in [0.2, 0.25) is 0 Å². The van der Waals surface area contributed by atoms with Crippen molar-refractivity contribution in [3.63, 3.8) is 0 Å². The minimum atomic E-state index is -7.75. The second kappa shape index (κ2) is 5.87. The molecule has 0 amide bonds. The molecule has 142 valence electrons. The fraction of sp³-hybridized carbons (Fsp3) is 1.00. The first kappa shape index (κ1) is 24.4. The summed E-state index contributed by atoms with van der Waals surface area (Å²) in [5.41, 5.74) is 0. The van der Waals surface area contributed by atoms with Gasteiger partial charge in [-0.25, -0.2) is 4.39 Å². The highest BCUT2D eigenvalue weighted by molar-refractivity contribution is 7.87. The van der Waals surface area contributed by atoms with Gasteiger partial charge in [-0.1, -0.05) is 0 Å². The van der Waals surface area contributed by atoms with E-state index in [4.69, 9.17) is 4.55 Å². The Balaban J connectivity index is 0. The van der Waals surface area contributed by atoms with Crippen molar-refractivity contribution in [3.8, 4) is 0 Å². The van der Waals surface area contributed by atoms with Crippen LogP contribution in [-0.2, 0) is 10.1 Å². The third-order valence-electron chi connectivity index (χ3n) is 2.40. The predicted molar refractivity (Wildman–Crippen MR) is 51.9 cm³/mol. The van der Waals surface area contributed by atoms with E-state index in [1.54, 1.807) is 0 Å². The molecule has 4 N–H and O–H groups in total. The fourth-order valence-corrected chi connectivity index (χ4v) is 1.45. The molecule has 4 nitrogen and oxygen atoms in total. The van der Waals surface area contributed by atoms with Crippen LogP contribution in [0.3, 0.4) is 0 Å². The number of alkyl halides is 11. The third-order valence-corrected chi connectivity index (χ3v) is 3.30. The van der Waals surface area contributed by atoms with Gasteiger partial charge >= 0.3 is 39.1 Å². The zero-order valence-electron chi connectivity index (χ0n) is 10.6. The van der Waals surface area contributed by atoms with Crippen LogP contribution in [-0.4, -0.2) is 48.1 Å². The van der Waals surface area contributed by atoms with Crippen molar-refractivity contribution in [2.45, 2.75) is 42.0 Å². The summed E-state index contributed by atoms with van der Waals surface area (Å²) in [6.07, 6.45) is -4.19. The highest BCUT2D eigenvalue weighted by atomic mass is 32.2. The molecule has 0 heterocycles. The maximum absolute atomic E-state index is 12.9. The summed E-state index contributed by atoms with van der Waals surface area (Å²) in [7, 11) is -7.40. The smallest absolute Gasteiger partial charge is 0.344 e. The van der Waals surface area contributed by atoms with Crippen molar-refractivity contribution in [3.05, 3.63) is 0 Å². The minimum absolute atomic E-state index is 0. The van der Waals surface area contributed by atoms with Crippen LogP contribution < -0.4 is 6.15 Å². The standard InChI is InChI=1S/C7H5F11O3S.H3N/c1-2(8)3(9,10)4(11,12)5(13,14)6(15,16)7(17,18)22(19,20)21;/h2H,1H3,(H,19,20,21);1H3. The monoisotopic (exact) mass is 395 g/mol. The van der Waals surface area contributed by atoms with E-state index in [2.05, 4.69) is 0 Å². The van der Waals surface area contributed by atoms with Crippen LogP contribution in [0.15, 0.2) is 0 Å². The predicted octanol–water partition coefficient (Wildman–Crippen LogP) is 3.53. The van der Waals surface area contributed by atoms with Crippen molar-refractivity contribution in [1.29, 1.82) is 0 Å². The minimum Gasteiger partial charge on any atom is -0.344 e. The maximum atomic E-state index is 12.9. The highest BCUT2D eigenvalue weighted by Crippen LogP contribution is 2.58. The van der Waals surface area contributed by atoms with Crippen molar-refractivity contribution < 1.29 is 61.3 Å². The van der Waals surface area contributed by atoms with Crippen molar-refractivity contribution in [2.75, 3.05) is 0 Å². The molecule has 0 aliphatic carbocycles. The molecule has 1 atom stereocenters. The summed E-state index contributed by atoms with van der Waals surface area (Å²) < 4.78 is 167. The van der Waals surface area contributed by atoms with Gasteiger partial charge in [0.15, 0.2) is 6.17 Å². The SMILES string of the molecule is CC(F)C(F)(F)C(F)(F)C(F)(F)C(F)(F)C(F)(F)S(=O)(=O)O.N. The molecule has 0 fully saturated rings. The van der Waals surface area contributed by atoms with Gasteiger partial charge in [-0.2, -0.15) is 52.3 Å². The number of hydrogen-bond acceptors (Lipinski definition) is 3. The van der Waals surface area contributed by atoms with E-state index in [1.165, 1.54) is 0 Å². The zero-order valence-corrected chi connectivity index (χ0v) is 11.4. The molecule has 0 aromatic heterocycles. The molecule has 0 saturated heterocycles. The Morgan fingerprint density at radius 1 is 0.783 bits per heavy atom. The molecule has 0 rings (SSSR count). The van der Waals surface area contributed by atoms with Crippen molar-refractivity contribution in [2.24, 2.45) is 0 Å². The summed E-state index contributed by atoms with van der Waals surface area (Å²) >= 11 is 0. The molecular weight excluding hydrogens is 387 g/mol. The second-order valence-corrected chi connectivity index (χ2v) is 5.42. The number of hydrogen-bond donors (Lipinski definition) is 2. The van der Waals surface area contributed by atoms with Crippen LogP contribution in [0.4, 0.5) is 48.3 Å². The van der Waals surface area contributed by atoms with Gasteiger partial charge in [0.05, 0.1) is 0 Å². The van der Waals surface area contributed by atoms with Crippen molar-refractivity contribution in [1.82, 2.24) is 6.15 Å². The summed E-state index contributed by atoms with van der Waals surface area (Å²) in [5.74, 6) is -29.4. The fourth-order valence-electron chi connectivity index (χ4n) is 1.00. The van der Waals surface area contributed by atoms with Gasteiger partial charge in [0, 0.05) is 0 Å². The Kier molecular flexibility index (Phi) is 6.22. The van der Waals surface area contributed by atoms with Crippen LogP contribution in [0.5, 0.6) is 0 Å². The molecule has 0 bridgehead atoms. The van der Waals surface area contributed by atoms with Crippen molar-refractivity contribution >= 4 is 10.1 Å². The Hall–Kier alpha value is -0.900. The van der Waals surface area contributed by atoms with E-state index in [1.807, 2.05) is 0 Å². The molecule has 1 unspecified atom stereocenters.